The minimum Gasteiger partial charge on any atom is -0.374 e. The maximum atomic E-state index is 11.8. The van der Waals surface area contributed by atoms with Gasteiger partial charge >= 0.3 is 0 Å². The molecular weight excluding hydrogens is 246 g/mol. The summed E-state index contributed by atoms with van der Waals surface area (Å²) in [5, 5.41) is 16.4. The molecule has 1 amide bonds. The van der Waals surface area contributed by atoms with Crippen LogP contribution in [0.3, 0.4) is 0 Å². The molecule has 1 atom stereocenters. The van der Waals surface area contributed by atoms with E-state index in [1.54, 1.807) is 19.1 Å². The zero-order valence-corrected chi connectivity index (χ0v) is 11.3. The Hall–Kier alpha value is -2.11. The number of nitro benzene ring substituents is 1. The molecule has 0 aliphatic carbocycles. The summed E-state index contributed by atoms with van der Waals surface area (Å²) < 4.78 is 0. The van der Waals surface area contributed by atoms with E-state index in [1.807, 2.05) is 13.8 Å². The van der Waals surface area contributed by atoms with Crippen molar-refractivity contribution in [2.75, 3.05) is 11.9 Å². The molecule has 1 aromatic carbocycles. The van der Waals surface area contributed by atoms with Crippen molar-refractivity contribution in [2.45, 2.75) is 26.8 Å². The maximum Gasteiger partial charge on any atom is 0.271 e. The minimum absolute atomic E-state index is 0.000196. The Morgan fingerprint density at radius 3 is 2.63 bits per heavy atom. The summed E-state index contributed by atoms with van der Waals surface area (Å²) in [6.45, 7) is 6.35. The van der Waals surface area contributed by atoms with E-state index in [2.05, 4.69) is 10.6 Å². The molecule has 0 aliphatic heterocycles. The number of carbonyl (C=O) groups excluding carboxylic acids is 1. The van der Waals surface area contributed by atoms with Gasteiger partial charge in [-0.05, 0) is 18.9 Å². The lowest BCUT2D eigenvalue weighted by Gasteiger charge is -2.16. The Balaban J connectivity index is 2.61. The van der Waals surface area contributed by atoms with E-state index in [0.29, 0.717) is 18.2 Å². The highest BCUT2D eigenvalue weighted by Crippen LogP contribution is 2.17. The van der Waals surface area contributed by atoms with E-state index >= 15 is 0 Å². The number of anilines is 1. The van der Waals surface area contributed by atoms with E-state index in [9.17, 15) is 14.9 Å². The van der Waals surface area contributed by atoms with Crippen molar-refractivity contribution < 1.29 is 9.72 Å². The first kappa shape index (κ1) is 14.9. The fourth-order valence-corrected chi connectivity index (χ4v) is 1.48. The molecule has 2 N–H and O–H groups in total. The van der Waals surface area contributed by atoms with Crippen LogP contribution in [-0.4, -0.2) is 23.4 Å². The third kappa shape index (κ3) is 4.95. The lowest BCUT2D eigenvalue weighted by Crippen LogP contribution is -2.39. The number of rotatable bonds is 6. The number of nitrogens with one attached hydrogen (secondary N) is 2. The predicted octanol–water partition coefficient (Wildman–Crippen LogP) is 2.17. The first-order valence-electron chi connectivity index (χ1n) is 6.19. The molecular formula is C13H19N3O3. The maximum absolute atomic E-state index is 11.8. The third-order valence-electron chi connectivity index (χ3n) is 2.52. The molecule has 0 heterocycles. The van der Waals surface area contributed by atoms with Crippen molar-refractivity contribution in [3.05, 3.63) is 34.4 Å². The van der Waals surface area contributed by atoms with Gasteiger partial charge < -0.3 is 10.6 Å². The Bertz CT molecular complexity index is 460. The number of hydrogen-bond acceptors (Lipinski definition) is 4. The number of nitro groups is 1. The van der Waals surface area contributed by atoms with Gasteiger partial charge in [0.2, 0.25) is 5.91 Å². The van der Waals surface area contributed by atoms with Crippen molar-refractivity contribution >= 4 is 17.3 Å². The number of non-ortho nitro benzene ring substituents is 1. The first-order valence-corrected chi connectivity index (χ1v) is 6.19. The van der Waals surface area contributed by atoms with Crippen molar-refractivity contribution in [1.29, 1.82) is 0 Å². The van der Waals surface area contributed by atoms with Gasteiger partial charge in [-0.1, -0.05) is 19.9 Å². The number of nitrogens with zero attached hydrogens (tertiary/aromatic N) is 1. The van der Waals surface area contributed by atoms with Crippen LogP contribution in [0, 0.1) is 16.0 Å². The van der Waals surface area contributed by atoms with E-state index in [-0.39, 0.29) is 11.6 Å². The van der Waals surface area contributed by atoms with Gasteiger partial charge in [-0.2, -0.15) is 0 Å². The van der Waals surface area contributed by atoms with Crippen molar-refractivity contribution in [3.8, 4) is 0 Å². The van der Waals surface area contributed by atoms with E-state index < -0.39 is 11.0 Å². The monoisotopic (exact) mass is 265 g/mol. The average Bonchev–Trinajstić information content (AvgIpc) is 2.36. The quantitative estimate of drug-likeness (QED) is 0.610. The largest absolute Gasteiger partial charge is 0.374 e. The van der Waals surface area contributed by atoms with Crippen LogP contribution in [0.5, 0.6) is 0 Å². The number of benzene rings is 1. The SMILES string of the molecule is CC(C)CNC(=O)[C@@H](C)Nc1cccc([N+](=O)[O-])c1. The van der Waals surface area contributed by atoms with Crippen LogP contribution in [0.25, 0.3) is 0 Å². The average molecular weight is 265 g/mol. The molecule has 1 rings (SSSR count). The molecule has 0 spiro atoms. The molecule has 19 heavy (non-hydrogen) atoms. The van der Waals surface area contributed by atoms with Gasteiger partial charge in [0.25, 0.3) is 5.69 Å². The molecule has 0 bridgehead atoms. The fraction of sp³-hybridized carbons (Fsp3) is 0.462. The standard InChI is InChI=1S/C13H19N3O3/c1-9(2)8-14-13(17)10(3)15-11-5-4-6-12(7-11)16(18)19/h4-7,9-10,15H,8H2,1-3H3,(H,14,17)/t10-/m1/s1. The molecule has 0 radical (unpaired) electrons. The Morgan fingerprint density at radius 2 is 2.05 bits per heavy atom. The van der Waals surface area contributed by atoms with Crippen LogP contribution in [0.2, 0.25) is 0 Å². The fourth-order valence-electron chi connectivity index (χ4n) is 1.48. The second-order valence-corrected chi connectivity index (χ2v) is 4.81. The third-order valence-corrected chi connectivity index (χ3v) is 2.52. The van der Waals surface area contributed by atoms with E-state index in [0.717, 1.165) is 0 Å². The second kappa shape index (κ2) is 6.72. The Labute approximate surface area is 112 Å². The molecule has 1 aromatic rings. The van der Waals surface area contributed by atoms with Crippen LogP contribution in [-0.2, 0) is 4.79 Å². The van der Waals surface area contributed by atoms with Gasteiger partial charge in [0, 0.05) is 24.4 Å². The van der Waals surface area contributed by atoms with Gasteiger partial charge in [-0.25, -0.2) is 0 Å². The highest BCUT2D eigenvalue weighted by molar-refractivity contribution is 5.84. The molecule has 0 saturated carbocycles. The summed E-state index contributed by atoms with van der Waals surface area (Å²) >= 11 is 0. The molecule has 104 valence electrons. The van der Waals surface area contributed by atoms with Gasteiger partial charge in [0.15, 0.2) is 0 Å². The van der Waals surface area contributed by atoms with Crippen LogP contribution < -0.4 is 10.6 Å². The molecule has 0 saturated heterocycles. The number of amides is 1. The van der Waals surface area contributed by atoms with E-state index in [1.165, 1.54) is 12.1 Å². The van der Waals surface area contributed by atoms with Gasteiger partial charge in [0.05, 0.1) is 4.92 Å². The van der Waals surface area contributed by atoms with Crippen LogP contribution >= 0.6 is 0 Å². The summed E-state index contributed by atoms with van der Waals surface area (Å²) in [6, 6.07) is 5.65. The topological polar surface area (TPSA) is 84.3 Å². The molecule has 6 heteroatoms. The van der Waals surface area contributed by atoms with Crippen molar-refractivity contribution in [3.63, 3.8) is 0 Å². The van der Waals surface area contributed by atoms with Crippen molar-refractivity contribution in [1.82, 2.24) is 5.32 Å². The van der Waals surface area contributed by atoms with Gasteiger partial charge in [0.1, 0.15) is 6.04 Å². The molecule has 0 aliphatic rings. The zero-order chi connectivity index (χ0) is 14.4. The Morgan fingerprint density at radius 1 is 1.37 bits per heavy atom. The highest BCUT2D eigenvalue weighted by atomic mass is 16.6. The molecule has 0 fully saturated rings. The summed E-state index contributed by atoms with van der Waals surface area (Å²) in [5.74, 6) is 0.258. The molecule has 0 unspecified atom stereocenters. The predicted molar refractivity (Wildman–Crippen MR) is 74.0 cm³/mol. The highest BCUT2D eigenvalue weighted by Gasteiger charge is 2.14. The lowest BCUT2D eigenvalue weighted by molar-refractivity contribution is -0.384. The summed E-state index contributed by atoms with van der Waals surface area (Å²) in [5.41, 5.74) is 0.557. The van der Waals surface area contributed by atoms with Crippen LogP contribution in [0.15, 0.2) is 24.3 Å². The van der Waals surface area contributed by atoms with Gasteiger partial charge in [-0.15, -0.1) is 0 Å². The van der Waals surface area contributed by atoms with Crippen LogP contribution in [0.1, 0.15) is 20.8 Å². The number of carbonyl (C=O) groups is 1. The molecule has 0 aromatic heterocycles. The summed E-state index contributed by atoms with van der Waals surface area (Å²) in [4.78, 5) is 21.9. The first-order chi connectivity index (χ1) is 8.90. The lowest BCUT2D eigenvalue weighted by atomic mass is 10.2. The van der Waals surface area contributed by atoms with Crippen molar-refractivity contribution in [2.24, 2.45) is 5.92 Å². The second-order valence-electron chi connectivity index (χ2n) is 4.81. The number of hydrogen-bond donors (Lipinski definition) is 2. The summed E-state index contributed by atoms with van der Waals surface area (Å²) in [6.07, 6.45) is 0. The van der Waals surface area contributed by atoms with E-state index in [4.69, 9.17) is 0 Å². The zero-order valence-electron chi connectivity index (χ0n) is 11.3. The smallest absolute Gasteiger partial charge is 0.271 e. The molecule has 6 nitrogen and oxygen atoms in total. The Kier molecular flexibility index (Phi) is 5.29. The van der Waals surface area contributed by atoms with Crippen LogP contribution in [0.4, 0.5) is 11.4 Å². The minimum atomic E-state index is -0.464. The summed E-state index contributed by atoms with van der Waals surface area (Å²) in [7, 11) is 0. The van der Waals surface area contributed by atoms with Gasteiger partial charge in [-0.3, -0.25) is 14.9 Å². The normalized spacial score (nSPS) is 12.0.